The first kappa shape index (κ1) is 12.6. The smallest absolute Gasteiger partial charge is 0.417 e. The van der Waals surface area contributed by atoms with Crippen molar-refractivity contribution in [3.05, 3.63) is 40.4 Å². The van der Waals surface area contributed by atoms with Crippen LogP contribution in [0.2, 0.25) is 5.02 Å². The van der Waals surface area contributed by atoms with E-state index < -0.39 is 22.7 Å². The van der Waals surface area contributed by atoms with Gasteiger partial charge in [-0.15, -0.1) is 0 Å². The van der Waals surface area contributed by atoms with Crippen molar-refractivity contribution in [3.63, 3.8) is 0 Å². The monoisotopic (exact) mass is 250 g/mol. The van der Waals surface area contributed by atoms with Gasteiger partial charge in [0.25, 0.3) is 0 Å². The van der Waals surface area contributed by atoms with Crippen LogP contribution in [0.25, 0.3) is 6.08 Å². The molecule has 0 aliphatic rings. The molecule has 0 aromatic heterocycles. The predicted octanol–water partition coefficient (Wildman–Crippen LogP) is 3.46. The van der Waals surface area contributed by atoms with E-state index in [4.69, 9.17) is 16.7 Å². The van der Waals surface area contributed by atoms with Crippen LogP contribution in [-0.2, 0) is 11.0 Å². The molecule has 0 saturated carbocycles. The molecule has 1 aromatic rings. The topological polar surface area (TPSA) is 37.3 Å². The van der Waals surface area contributed by atoms with Gasteiger partial charge in [0.2, 0.25) is 0 Å². The summed E-state index contributed by atoms with van der Waals surface area (Å²) in [5.74, 6) is -1.18. The van der Waals surface area contributed by atoms with Crippen molar-refractivity contribution in [2.45, 2.75) is 6.18 Å². The molecule has 0 heterocycles. The van der Waals surface area contributed by atoms with E-state index in [0.717, 1.165) is 30.4 Å². The average Bonchev–Trinajstić information content (AvgIpc) is 2.12. The quantitative estimate of drug-likeness (QED) is 0.816. The number of hydrogen-bond acceptors (Lipinski definition) is 1. The first-order valence-corrected chi connectivity index (χ1v) is 4.46. The summed E-state index contributed by atoms with van der Waals surface area (Å²) in [7, 11) is 0. The Morgan fingerprint density at radius 2 is 2.00 bits per heavy atom. The van der Waals surface area contributed by atoms with Crippen molar-refractivity contribution < 1.29 is 23.1 Å². The van der Waals surface area contributed by atoms with Crippen LogP contribution in [-0.4, -0.2) is 11.1 Å². The van der Waals surface area contributed by atoms with Crippen LogP contribution < -0.4 is 0 Å². The van der Waals surface area contributed by atoms with Gasteiger partial charge in [-0.3, -0.25) is 0 Å². The van der Waals surface area contributed by atoms with Crippen molar-refractivity contribution in [1.29, 1.82) is 0 Å². The largest absolute Gasteiger partial charge is 0.478 e. The number of alkyl halides is 3. The summed E-state index contributed by atoms with van der Waals surface area (Å²) in [4.78, 5) is 10.2. The summed E-state index contributed by atoms with van der Waals surface area (Å²) in [6.07, 6.45) is -2.53. The Kier molecular flexibility index (Phi) is 3.59. The van der Waals surface area contributed by atoms with Crippen LogP contribution in [0.15, 0.2) is 24.3 Å². The Morgan fingerprint density at radius 3 is 2.44 bits per heavy atom. The lowest BCUT2D eigenvalue weighted by Gasteiger charge is -2.08. The first-order valence-electron chi connectivity index (χ1n) is 4.08. The second-order valence-electron chi connectivity index (χ2n) is 2.91. The lowest BCUT2D eigenvalue weighted by atomic mass is 10.1. The Labute approximate surface area is 94.0 Å². The second kappa shape index (κ2) is 4.57. The molecule has 0 fully saturated rings. The highest BCUT2D eigenvalue weighted by Crippen LogP contribution is 2.35. The van der Waals surface area contributed by atoms with E-state index in [1.807, 2.05) is 0 Å². The Bertz CT molecular complexity index is 438. The molecule has 0 bridgehead atoms. The standard InChI is InChI=1S/C10H6ClF3O2/c11-8-5-6(2-4-9(15)16)1-3-7(8)10(12,13)14/h1-5H,(H,15,16)/b4-2+. The Morgan fingerprint density at radius 1 is 1.38 bits per heavy atom. The van der Waals surface area contributed by atoms with Gasteiger partial charge in [0.1, 0.15) is 0 Å². The summed E-state index contributed by atoms with van der Waals surface area (Å²) in [5, 5.41) is 7.87. The fourth-order valence-electron chi connectivity index (χ4n) is 1.03. The van der Waals surface area contributed by atoms with Gasteiger partial charge < -0.3 is 5.11 Å². The highest BCUT2D eigenvalue weighted by molar-refractivity contribution is 6.31. The number of carbonyl (C=O) groups is 1. The zero-order valence-corrected chi connectivity index (χ0v) is 8.51. The lowest BCUT2D eigenvalue weighted by Crippen LogP contribution is -2.05. The summed E-state index contributed by atoms with van der Waals surface area (Å²) in [6.45, 7) is 0. The zero-order chi connectivity index (χ0) is 12.3. The van der Waals surface area contributed by atoms with Crippen LogP contribution >= 0.6 is 11.6 Å². The molecule has 0 amide bonds. The van der Waals surface area contributed by atoms with Crippen LogP contribution in [0.3, 0.4) is 0 Å². The molecule has 1 aromatic carbocycles. The minimum atomic E-state index is -4.51. The van der Waals surface area contributed by atoms with Gasteiger partial charge in [-0.05, 0) is 23.8 Å². The minimum Gasteiger partial charge on any atom is -0.478 e. The van der Waals surface area contributed by atoms with Crippen LogP contribution in [0.5, 0.6) is 0 Å². The van der Waals surface area contributed by atoms with E-state index in [2.05, 4.69) is 0 Å². The van der Waals surface area contributed by atoms with Crippen LogP contribution in [0.4, 0.5) is 13.2 Å². The third kappa shape index (κ3) is 3.27. The molecule has 0 saturated heterocycles. The highest BCUT2D eigenvalue weighted by atomic mass is 35.5. The maximum Gasteiger partial charge on any atom is 0.417 e. The number of halogens is 4. The normalized spacial score (nSPS) is 12.0. The predicted molar refractivity (Wildman–Crippen MR) is 53.1 cm³/mol. The summed E-state index contributed by atoms with van der Waals surface area (Å²) < 4.78 is 36.9. The highest BCUT2D eigenvalue weighted by Gasteiger charge is 2.32. The minimum absolute atomic E-state index is 0.292. The van der Waals surface area contributed by atoms with Crippen molar-refractivity contribution in [3.8, 4) is 0 Å². The first-order chi connectivity index (χ1) is 7.30. The molecule has 0 unspecified atom stereocenters. The van der Waals surface area contributed by atoms with E-state index in [1.165, 1.54) is 0 Å². The van der Waals surface area contributed by atoms with Crippen LogP contribution in [0.1, 0.15) is 11.1 Å². The van der Waals surface area contributed by atoms with Crippen molar-refractivity contribution >= 4 is 23.6 Å². The van der Waals surface area contributed by atoms with Gasteiger partial charge >= 0.3 is 12.1 Å². The van der Waals surface area contributed by atoms with E-state index in [9.17, 15) is 18.0 Å². The molecule has 0 atom stereocenters. The number of carboxylic acid groups (broad SMARTS) is 1. The van der Waals surface area contributed by atoms with Gasteiger partial charge in [-0.1, -0.05) is 17.7 Å². The summed E-state index contributed by atoms with van der Waals surface area (Å²) in [5.41, 5.74) is -0.651. The Balaban J connectivity index is 3.05. The zero-order valence-electron chi connectivity index (χ0n) is 7.75. The third-order valence-corrected chi connectivity index (χ3v) is 2.03. The van der Waals surface area contributed by atoms with Crippen molar-refractivity contribution in [2.75, 3.05) is 0 Å². The fraction of sp³-hybridized carbons (Fsp3) is 0.100. The fourth-order valence-corrected chi connectivity index (χ4v) is 1.33. The molecule has 0 aliphatic heterocycles. The summed E-state index contributed by atoms with van der Waals surface area (Å²) >= 11 is 5.43. The molecule has 86 valence electrons. The number of rotatable bonds is 2. The number of aliphatic carboxylic acids is 1. The Hall–Kier alpha value is -1.49. The lowest BCUT2D eigenvalue weighted by molar-refractivity contribution is -0.137. The molecule has 1 N–H and O–H groups in total. The summed E-state index contributed by atoms with van der Waals surface area (Å²) in [6, 6.07) is 3.02. The van der Waals surface area contributed by atoms with Crippen molar-refractivity contribution in [1.82, 2.24) is 0 Å². The van der Waals surface area contributed by atoms with Gasteiger partial charge in [0, 0.05) is 6.08 Å². The molecule has 0 radical (unpaired) electrons. The molecule has 1 rings (SSSR count). The third-order valence-electron chi connectivity index (χ3n) is 1.72. The number of benzene rings is 1. The molecule has 2 nitrogen and oxygen atoms in total. The number of hydrogen-bond donors (Lipinski definition) is 1. The molecular formula is C10H6ClF3O2. The molecule has 16 heavy (non-hydrogen) atoms. The van der Waals surface area contributed by atoms with Gasteiger partial charge in [-0.25, -0.2) is 4.79 Å². The van der Waals surface area contributed by atoms with Gasteiger partial charge in [0.15, 0.2) is 0 Å². The van der Waals surface area contributed by atoms with Crippen LogP contribution in [0, 0.1) is 0 Å². The van der Waals surface area contributed by atoms with Crippen molar-refractivity contribution in [2.24, 2.45) is 0 Å². The van der Waals surface area contributed by atoms with Gasteiger partial charge in [-0.2, -0.15) is 13.2 Å². The van der Waals surface area contributed by atoms with E-state index in [1.54, 1.807) is 0 Å². The van der Waals surface area contributed by atoms with E-state index in [0.29, 0.717) is 5.56 Å². The molecule has 0 aliphatic carbocycles. The SMILES string of the molecule is O=C(O)/C=C/c1ccc(C(F)(F)F)c(Cl)c1. The number of carboxylic acids is 1. The average molecular weight is 251 g/mol. The maximum absolute atomic E-state index is 12.3. The molecule has 6 heteroatoms. The molecule has 0 spiro atoms. The molecular weight excluding hydrogens is 245 g/mol. The van der Waals surface area contributed by atoms with E-state index >= 15 is 0 Å². The maximum atomic E-state index is 12.3. The van der Waals surface area contributed by atoms with Gasteiger partial charge in [0.05, 0.1) is 10.6 Å². The van der Waals surface area contributed by atoms with E-state index in [-0.39, 0.29) is 0 Å². The second-order valence-corrected chi connectivity index (χ2v) is 3.32.